The molecule has 0 amide bonds. The largest absolute Gasteiger partial charge is 0.395 e. The van der Waals surface area contributed by atoms with Crippen LogP contribution < -0.4 is 5.32 Å². The molecule has 0 bridgehead atoms. The zero-order valence-electron chi connectivity index (χ0n) is 11.3. The lowest BCUT2D eigenvalue weighted by Crippen LogP contribution is -2.44. The van der Waals surface area contributed by atoms with Crippen LogP contribution in [-0.4, -0.2) is 48.3 Å². The van der Waals surface area contributed by atoms with Crippen molar-refractivity contribution in [3.63, 3.8) is 0 Å². The number of rotatable bonds is 8. The zero-order valence-corrected chi connectivity index (χ0v) is 11.3. The normalized spacial score (nSPS) is 17.4. The lowest BCUT2D eigenvalue weighted by atomic mass is 9.92. The Morgan fingerprint density at radius 1 is 1.38 bits per heavy atom. The van der Waals surface area contributed by atoms with Crippen molar-refractivity contribution in [1.82, 2.24) is 10.2 Å². The van der Waals surface area contributed by atoms with Crippen LogP contribution in [0.25, 0.3) is 0 Å². The summed E-state index contributed by atoms with van der Waals surface area (Å²) < 4.78 is 0. The number of hydrogen-bond donors (Lipinski definition) is 2. The van der Waals surface area contributed by atoms with Gasteiger partial charge in [0.05, 0.1) is 6.61 Å². The van der Waals surface area contributed by atoms with Crippen molar-refractivity contribution in [2.45, 2.75) is 52.6 Å². The van der Waals surface area contributed by atoms with E-state index in [1.807, 2.05) is 0 Å². The summed E-state index contributed by atoms with van der Waals surface area (Å²) in [7, 11) is 0. The van der Waals surface area contributed by atoms with E-state index in [1.165, 1.54) is 12.8 Å². The molecule has 0 saturated heterocycles. The van der Waals surface area contributed by atoms with E-state index < -0.39 is 0 Å². The molecular formula is C13H28N2O. The molecule has 3 nitrogen and oxygen atoms in total. The topological polar surface area (TPSA) is 35.5 Å². The summed E-state index contributed by atoms with van der Waals surface area (Å²) in [5, 5.41) is 12.6. The van der Waals surface area contributed by atoms with Gasteiger partial charge in [-0.2, -0.15) is 0 Å². The van der Waals surface area contributed by atoms with E-state index in [-0.39, 0.29) is 12.0 Å². The molecule has 1 aliphatic carbocycles. The second-order valence-electron chi connectivity index (χ2n) is 6.11. The number of nitrogens with zero attached hydrogens (tertiary/aromatic N) is 1. The number of aliphatic hydroxyl groups is 1. The molecule has 0 aromatic heterocycles. The Bertz CT molecular complexity index is 200. The van der Waals surface area contributed by atoms with Crippen molar-refractivity contribution >= 4 is 0 Å². The van der Waals surface area contributed by atoms with Gasteiger partial charge in [-0.05, 0) is 32.1 Å². The SMILES string of the molecule is CC(C)N(CCO)CC(C)(C)CNC1CC1. The molecule has 1 fully saturated rings. The number of hydrogen-bond acceptors (Lipinski definition) is 3. The molecule has 0 aromatic carbocycles. The molecule has 0 radical (unpaired) electrons. The quantitative estimate of drug-likeness (QED) is 0.660. The summed E-state index contributed by atoms with van der Waals surface area (Å²) in [5.41, 5.74) is 0.280. The maximum Gasteiger partial charge on any atom is 0.0558 e. The third kappa shape index (κ3) is 5.28. The molecular weight excluding hydrogens is 200 g/mol. The van der Waals surface area contributed by atoms with Crippen LogP contribution in [0.2, 0.25) is 0 Å². The molecule has 3 heteroatoms. The fraction of sp³-hybridized carbons (Fsp3) is 1.00. The minimum absolute atomic E-state index is 0.254. The van der Waals surface area contributed by atoms with Crippen molar-refractivity contribution in [2.75, 3.05) is 26.2 Å². The van der Waals surface area contributed by atoms with Gasteiger partial charge in [0.25, 0.3) is 0 Å². The molecule has 0 heterocycles. The van der Waals surface area contributed by atoms with Gasteiger partial charge >= 0.3 is 0 Å². The van der Waals surface area contributed by atoms with Gasteiger partial charge in [-0.15, -0.1) is 0 Å². The molecule has 96 valence electrons. The highest BCUT2D eigenvalue weighted by Crippen LogP contribution is 2.22. The first kappa shape index (κ1) is 13.9. The van der Waals surface area contributed by atoms with Crippen LogP contribution in [0.3, 0.4) is 0 Å². The minimum atomic E-state index is 0.254. The fourth-order valence-corrected chi connectivity index (χ4v) is 1.96. The Labute approximate surface area is 100 Å². The highest BCUT2D eigenvalue weighted by atomic mass is 16.3. The average Bonchev–Trinajstić information content (AvgIpc) is 2.97. The predicted octanol–water partition coefficient (Wildman–Crippen LogP) is 1.47. The van der Waals surface area contributed by atoms with Crippen LogP contribution in [0.15, 0.2) is 0 Å². The van der Waals surface area contributed by atoms with Crippen LogP contribution in [0.4, 0.5) is 0 Å². The Balaban J connectivity index is 2.33. The van der Waals surface area contributed by atoms with Crippen molar-refractivity contribution in [1.29, 1.82) is 0 Å². The molecule has 1 saturated carbocycles. The Hall–Kier alpha value is -0.120. The summed E-state index contributed by atoms with van der Waals surface area (Å²) >= 11 is 0. The van der Waals surface area contributed by atoms with Gasteiger partial charge in [-0.25, -0.2) is 0 Å². The first-order chi connectivity index (χ1) is 7.44. The van der Waals surface area contributed by atoms with Gasteiger partial charge in [0.1, 0.15) is 0 Å². The Kier molecular flexibility index (Phi) is 5.22. The summed E-state index contributed by atoms with van der Waals surface area (Å²) in [6, 6.07) is 1.29. The molecule has 0 atom stereocenters. The monoisotopic (exact) mass is 228 g/mol. The Morgan fingerprint density at radius 3 is 2.44 bits per heavy atom. The van der Waals surface area contributed by atoms with E-state index in [4.69, 9.17) is 5.11 Å². The second kappa shape index (κ2) is 5.99. The van der Waals surface area contributed by atoms with Gasteiger partial charge in [-0.1, -0.05) is 13.8 Å². The van der Waals surface area contributed by atoms with E-state index in [0.29, 0.717) is 6.04 Å². The highest BCUT2D eigenvalue weighted by Gasteiger charge is 2.27. The van der Waals surface area contributed by atoms with Gasteiger partial charge in [0, 0.05) is 31.7 Å². The maximum atomic E-state index is 9.05. The molecule has 16 heavy (non-hydrogen) atoms. The van der Waals surface area contributed by atoms with Crippen LogP contribution in [0.5, 0.6) is 0 Å². The second-order valence-corrected chi connectivity index (χ2v) is 6.11. The summed E-state index contributed by atoms with van der Waals surface area (Å²) in [4.78, 5) is 2.36. The predicted molar refractivity (Wildman–Crippen MR) is 68.6 cm³/mol. The number of aliphatic hydroxyl groups excluding tert-OH is 1. The first-order valence-electron chi connectivity index (χ1n) is 6.53. The lowest BCUT2D eigenvalue weighted by Gasteiger charge is -2.35. The zero-order chi connectivity index (χ0) is 12.2. The van der Waals surface area contributed by atoms with E-state index in [9.17, 15) is 0 Å². The average molecular weight is 228 g/mol. The maximum absolute atomic E-state index is 9.05. The van der Waals surface area contributed by atoms with Crippen molar-refractivity contribution in [3.05, 3.63) is 0 Å². The van der Waals surface area contributed by atoms with Gasteiger partial charge in [0.2, 0.25) is 0 Å². The summed E-state index contributed by atoms with van der Waals surface area (Å²) in [5.74, 6) is 0. The van der Waals surface area contributed by atoms with Crippen molar-refractivity contribution in [2.24, 2.45) is 5.41 Å². The molecule has 1 rings (SSSR count). The highest BCUT2D eigenvalue weighted by molar-refractivity contribution is 4.85. The number of nitrogens with one attached hydrogen (secondary N) is 1. The van der Waals surface area contributed by atoms with Crippen molar-refractivity contribution in [3.8, 4) is 0 Å². The van der Waals surface area contributed by atoms with E-state index >= 15 is 0 Å². The minimum Gasteiger partial charge on any atom is -0.395 e. The van der Waals surface area contributed by atoms with E-state index in [1.54, 1.807) is 0 Å². The smallest absolute Gasteiger partial charge is 0.0558 e. The van der Waals surface area contributed by atoms with Gasteiger partial charge in [0.15, 0.2) is 0 Å². The third-order valence-electron chi connectivity index (χ3n) is 3.20. The van der Waals surface area contributed by atoms with Crippen LogP contribution in [0, 0.1) is 5.41 Å². The van der Waals surface area contributed by atoms with Gasteiger partial charge < -0.3 is 10.4 Å². The van der Waals surface area contributed by atoms with Gasteiger partial charge in [-0.3, -0.25) is 4.90 Å². The molecule has 0 unspecified atom stereocenters. The molecule has 2 N–H and O–H groups in total. The standard InChI is InChI=1S/C13H28N2O/c1-11(2)15(7-8-16)10-13(3,4)9-14-12-5-6-12/h11-12,14,16H,5-10H2,1-4H3. The fourth-order valence-electron chi connectivity index (χ4n) is 1.96. The third-order valence-corrected chi connectivity index (χ3v) is 3.20. The molecule has 1 aliphatic rings. The molecule has 0 aliphatic heterocycles. The summed E-state index contributed by atoms with van der Waals surface area (Å²) in [6.07, 6.45) is 2.70. The van der Waals surface area contributed by atoms with Crippen LogP contribution in [0.1, 0.15) is 40.5 Å². The lowest BCUT2D eigenvalue weighted by molar-refractivity contribution is 0.115. The first-order valence-corrected chi connectivity index (χ1v) is 6.53. The van der Waals surface area contributed by atoms with Crippen molar-refractivity contribution < 1.29 is 5.11 Å². The van der Waals surface area contributed by atoms with E-state index in [0.717, 1.165) is 25.7 Å². The summed E-state index contributed by atoms with van der Waals surface area (Å²) in [6.45, 7) is 12.1. The van der Waals surface area contributed by atoms with E-state index in [2.05, 4.69) is 37.9 Å². The van der Waals surface area contributed by atoms with Crippen LogP contribution in [-0.2, 0) is 0 Å². The Morgan fingerprint density at radius 2 is 2.00 bits per heavy atom. The molecule has 0 spiro atoms. The molecule has 0 aromatic rings. The van der Waals surface area contributed by atoms with Crippen LogP contribution >= 0.6 is 0 Å².